The fourth-order valence-corrected chi connectivity index (χ4v) is 1.55. The average molecular weight is 186 g/mol. The van der Waals surface area contributed by atoms with Gasteiger partial charge in [0, 0.05) is 19.6 Å². The first-order chi connectivity index (χ1) is 6.16. The second kappa shape index (κ2) is 4.58. The number of hydrogen-bond donors (Lipinski definition) is 1. The molecule has 76 valence electrons. The highest BCUT2D eigenvalue weighted by Crippen LogP contribution is 2.14. The Morgan fingerprint density at radius 3 is 2.77 bits per heavy atom. The van der Waals surface area contributed by atoms with Gasteiger partial charge in [0.1, 0.15) is 0 Å². The third-order valence-electron chi connectivity index (χ3n) is 2.38. The summed E-state index contributed by atoms with van der Waals surface area (Å²) in [7, 11) is 1.82. The van der Waals surface area contributed by atoms with Gasteiger partial charge in [-0.05, 0) is 6.42 Å². The highest BCUT2D eigenvalue weighted by molar-refractivity contribution is 5.79. The highest BCUT2D eigenvalue weighted by atomic mass is 16.5. The molecular formula is C9H18N2O2. The van der Waals surface area contributed by atoms with Gasteiger partial charge < -0.3 is 15.4 Å². The summed E-state index contributed by atoms with van der Waals surface area (Å²) in [6.45, 7) is 3.83. The Bertz CT molecular complexity index is 184. The van der Waals surface area contributed by atoms with Crippen molar-refractivity contribution in [2.24, 2.45) is 11.7 Å². The standard InChI is InChI=1S/C9H18N2O2/c1-3-4-11(2)9(12)7-5-13-6-8(7)10/h7-8H,3-6,10H2,1-2H3. The van der Waals surface area contributed by atoms with Crippen LogP contribution in [-0.4, -0.2) is 43.7 Å². The molecule has 13 heavy (non-hydrogen) atoms. The summed E-state index contributed by atoms with van der Waals surface area (Å²) in [6.07, 6.45) is 0.977. The van der Waals surface area contributed by atoms with E-state index in [1.165, 1.54) is 0 Å². The third-order valence-corrected chi connectivity index (χ3v) is 2.38. The van der Waals surface area contributed by atoms with Crippen LogP contribution >= 0.6 is 0 Å². The molecule has 0 spiro atoms. The van der Waals surface area contributed by atoms with Gasteiger partial charge in [-0.2, -0.15) is 0 Å². The van der Waals surface area contributed by atoms with Crippen molar-refractivity contribution in [3.63, 3.8) is 0 Å². The van der Waals surface area contributed by atoms with Crippen LogP contribution in [0.2, 0.25) is 0 Å². The molecule has 0 aromatic carbocycles. The molecule has 1 fully saturated rings. The van der Waals surface area contributed by atoms with Crippen LogP contribution in [0.3, 0.4) is 0 Å². The molecule has 2 unspecified atom stereocenters. The number of hydrogen-bond acceptors (Lipinski definition) is 3. The number of nitrogens with two attached hydrogens (primary N) is 1. The van der Waals surface area contributed by atoms with E-state index < -0.39 is 0 Å². The van der Waals surface area contributed by atoms with E-state index in [9.17, 15) is 4.79 Å². The van der Waals surface area contributed by atoms with Crippen LogP contribution in [0.25, 0.3) is 0 Å². The number of nitrogens with zero attached hydrogens (tertiary/aromatic N) is 1. The number of ether oxygens (including phenoxy) is 1. The van der Waals surface area contributed by atoms with Gasteiger partial charge in [0.25, 0.3) is 0 Å². The minimum absolute atomic E-state index is 0.117. The Balaban J connectivity index is 2.46. The van der Waals surface area contributed by atoms with Crippen molar-refractivity contribution in [3.05, 3.63) is 0 Å². The van der Waals surface area contributed by atoms with Gasteiger partial charge in [-0.1, -0.05) is 6.92 Å². The highest BCUT2D eigenvalue weighted by Gasteiger charge is 2.32. The Hall–Kier alpha value is -0.610. The van der Waals surface area contributed by atoms with Crippen LogP contribution in [-0.2, 0) is 9.53 Å². The lowest BCUT2D eigenvalue weighted by atomic mass is 10.0. The molecule has 0 bridgehead atoms. The maximum absolute atomic E-state index is 11.7. The summed E-state index contributed by atoms with van der Waals surface area (Å²) >= 11 is 0. The summed E-state index contributed by atoms with van der Waals surface area (Å²) < 4.78 is 5.15. The summed E-state index contributed by atoms with van der Waals surface area (Å²) in [6, 6.07) is -0.119. The molecule has 4 heteroatoms. The third kappa shape index (κ3) is 2.42. The lowest BCUT2D eigenvalue weighted by Crippen LogP contribution is -2.42. The van der Waals surface area contributed by atoms with Crippen molar-refractivity contribution in [2.75, 3.05) is 26.8 Å². The first-order valence-electron chi connectivity index (χ1n) is 4.75. The zero-order valence-corrected chi connectivity index (χ0v) is 8.32. The van der Waals surface area contributed by atoms with E-state index in [4.69, 9.17) is 10.5 Å². The van der Waals surface area contributed by atoms with E-state index >= 15 is 0 Å². The van der Waals surface area contributed by atoms with Crippen LogP contribution in [0.1, 0.15) is 13.3 Å². The molecule has 0 aromatic heterocycles. The molecule has 1 aliphatic rings. The molecule has 0 aliphatic carbocycles. The van der Waals surface area contributed by atoms with Crippen LogP contribution in [0.15, 0.2) is 0 Å². The van der Waals surface area contributed by atoms with Crippen molar-refractivity contribution in [1.29, 1.82) is 0 Å². The molecule has 2 N–H and O–H groups in total. The van der Waals surface area contributed by atoms with E-state index in [-0.39, 0.29) is 17.9 Å². The molecule has 1 heterocycles. The Kier molecular flexibility index (Phi) is 3.69. The molecule has 1 rings (SSSR count). The number of carbonyl (C=O) groups excluding carboxylic acids is 1. The quantitative estimate of drug-likeness (QED) is 0.665. The lowest BCUT2D eigenvalue weighted by molar-refractivity contribution is -0.134. The summed E-state index contributed by atoms with van der Waals surface area (Å²) in [4.78, 5) is 13.4. The van der Waals surface area contributed by atoms with Gasteiger partial charge in [0.15, 0.2) is 0 Å². The van der Waals surface area contributed by atoms with E-state index in [0.717, 1.165) is 13.0 Å². The van der Waals surface area contributed by atoms with E-state index in [1.54, 1.807) is 4.90 Å². The van der Waals surface area contributed by atoms with Gasteiger partial charge in [-0.3, -0.25) is 4.79 Å². The summed E-state index contributed by atoms with van der Waals surface area (Å²) in [5, 5.41) is 0. The monoisotopic (exact) mass is 186 g/mol. The largest absolute Gasteiger partial charge is 0.379 e. The second-order valence-corrected chi connectivity index (χ2v) is 3.57. The minimum Gasteiger partial charge on any atom is -0.379 e. The number of carbonyl (C=O) groups is 1. The van der Waals surface area contributed by atoms with Crippen molar-refractivity contribution in [3.8, 4) is 0 Å². The summed E-state index contributed by atoms with van der Waals surface area (Å²) in [5.41, 5.74) is 5.74. The second-order valence-electron chi connectivity index (χ2n) is 3.57. The first kappa shape index (κ1) is 10.5. The molecule has 4 nitrogen and oxygen atoms in total. The average Bonchev–Trinajstić information content (AvgIpc) is 2.50. The molecule has 1 amide bonds. The Labute approximate surface area is 79.0 Å². The van der Waals surface area contributed by atoms with Crippen molar-refractivity contribution >= 4 is 5.91 Å². The zero-order chi connectivity index (χ0) is 9.84. The minimum atomic E-state index is -0.128. The van der Waals surface area contributed by atoms with Gasteiger partial charge >= 0.3 is 0 Å². The molecule has 0 radical (unpaired) electrons. The number of amides is 1. The van der Waals surface area contributed by atoms with Crippen molar-refractivity contribution < 1.29 is 9.53 Å². The molecule has 1 saturated heterocycles. The van der Waals surface area contributed by atoms with Gasteiger partial charge in [0.05, 0.1) is 19.1 Å². The Morgan fingerprint density at radius 1 is 1.62 bits per heavy atom. The van der Waals surface area contributed by atoms with Crippen LogP contribution in [0.5, 0.6) is 0 Å². The van der Waals surface area contributed by atoms with E-state index in [0.29, 0.717) is 13.2 Å². The van der Waals surface area contributed by atoms with E-state index in [2.05, 4.69) is 6.92 Å². The van der Waals surface area contributed by atoms with Gasteiger partial charge in [0.2, 0.25) is 5.91 Å². The molecule has 0 aromatic rings. The maximum Gasteiger partial charge on any atom is 0.229 e. The van der Waals surface area contributed by atoms with Gasteiger partial charge in [-0.15, -0.1) is 0 Å². The SMILES string of the molecule is CCCN(C)C(=O)C1COCC1N. The predicted molar refractivity (Wildman–Crippen MR) is 50.2 cm³/mol. The predicted octanol–water partition coefficient (Wildman–Crippen LogP) is -0.171. The topological polar surface area (TPSA) is 55.6 Å². The smallest absolute Gasteiger partial charge is 0.229 e. The Morgan fingerprint density at radius 2 is 2.31 bits per heavy atom. The van der Waals surface area contributed by atoms with E-state index in [1.807, 2.05) is 7.05 Å². The lowest BCUT2D eigenvalue weighted by Gasteiger charge is -2.21. The van der Waals surface area contributed by atoms with Crippen LogP contribution in [0.4, 0.5) is 0 Å². The molecular weight excluding hydrogens is 168 g/mol. The molecule has 2 atom stereocenters. The fourth-order valence-electron chi connectivity index (χ4n) is 1.55. The normalized spacial score (nSPS) is 27.6. The van der Waals surface area contributed by atoms with Crippen molar-refractivity contribution in [1.82, 2.24) is 4.90 Å². The molecule has 1 aliphatic heterocycles. The summed E-state index contributed by atoms with van der Waals surface area (Å²) in [5.74, 6) is -0.0107. The maximum atomic E-state index is 11.7. The van der Waals surface area contributed by atoms with Gasteiger partial charge in [-0.25, -0.2) is 0 Å². The zero-order valence-electron chi connectivity index (χ0n) is 8.32. The fraction of sp³-hybridized carbons (Fsp3) is 0.889. The van der Waals surface area contributed by atoms with Crippen molar-refractivity contribution in [2.45, 2.75) is 19.4 Å². The molecule has 0 saturated carbocycles. The number of rotatable bonds is 3. The van der Waals surface area contributed by atoms with Crippen LogP contribution < -0.4 is 5.73 Å². The first-order valence-corrected chi connectivity index (χ1v) is 4.75. The van der Waals surface area contributed by atoms with Crippen LogP contribution in [0, 0.1) is 5.92 Å².